The summed E-state index contributed by atoms with van der Waals surface area (Å²) in [6, 6.07) is 10.4. The third-order valence-corrected chi connectivity index (χ3v) is 6.18. The van der Waals surface area contributed by atoms with Gasteiger partial charge in [0.1, 0.15) is 5.82 Å². The summed E-state index contributed by atoms with van der Waals surface area (Å²) in [5, 5.41) is 2.50. The maximum absolute atomic E-state index is 13.0. The average molecular weight is 388 g/mol. The molecule has 2 aromatic heterocycles. The van der Waals surface area contributed by atoms with Crippen molar-refractivity contribution in [2.75, 3.05) is 12.3 Å². The summed E-state index contributed by atoms with van der Waals surface area (Å²) in [5.74, 6) is 0.676. The van der Waals surface area contributed by atoms with Gasteiger partial charge in [0.25, 0.3) is 5.22 Å². The van der Waals surface area contributed by atoms with Gasteiger partial charge < -0.3 is 9.32 Å². The first-order valence-corrected chi connectivity index (χ1v) is 10.2. The highest BCUT2D eigenvalue weighted by Crippen LogP contribution is 2.35. The molecule has 1 aromatic carbocycles. The molecule has 1 atom stereocenters. The van der Waals surface area contributed by atoms with Crippen LogP contribution in [0.5, 0.6) is 0 Å². The summed E-state index contributed by atoms with van der Waals surface area (Å²) < 4.78 is 18.7. The lowest BCUT2D eigenvalue weighted by atomic mass is 10.2. The molecular formula is C19H17FN2O2S2. The van der Waals surface area contributed by atoms with Crippen molar-refractivity contribution < 1.29 is 13.6 Å². The number of likely N-dealkylation sites (tertiary alicyclic amines) is 1. The molecule has 1 amide bonds. The van der Waals surface area contributed by atoms with Gasteiger partial charge in [-0.05, 0) is 48.6 Å². The molecule has 1 fully saturated rings. The molecule has 1 aliphatic heterocycles. The fraction of sp³-hybridized carbons (Fsp3) is 0.263. The van der Waals surface area contributed by atoms with E-state index < -0.39 is 0 Å². The van der Waals surface area contributed by atoms with Crippen LogP contribution in [0.3, 0.4) is 0 Å². The van der Waals surface area contributed by atoms with Crippen molar-refractivity contribution in [3.8, 4) is 11.3 Å². The summed E-state index contributed by atoms with van der Waals surface area (Å²) in [4.78, 5) is 20.1. The number of oxazole rings is 1. The van der Waals surface area contributed by atoms with Crippen molar-refractivity contribution in [1.82, 2.24) is 9.88 Å². The lowest BCUT2D eigenvalue weighted by Crippen LogP contribution is -2.31. The molecule has 7 heteroatoms. The zero-order valence-electron chi connectivity index (χ0n) is 13.9. The standard InChI is InChI=1S/C19H17FN2O2S2/c20-14-7-5-13(6-8-14)16-11-21-19(24-16)26-12-18(23)22-9-1-3-15(22)17-4-2-10-25-17/h2,4-8,10-11,15H,1,3,9,12H2. The number of nitrogens with zero attached hydrogens (tertiary/aromatic N) is 2. The van der Waals surface area contributed by atoms with Gasteiger partial charge in [-0.15, -0.1) is 11.3 Å². The number of rotatable bonds is 5. The maximum Gasteiger partial charge on any atom is 0.256 e. The van der Waals surface area contributed by atoms with Crippen molar-refractivity contribution in [3.63, 3.8) is 0 Å². The maximum atomic E-state index is 13.0. The molecule has 0 aliphatic carbocycles. The third kappa shape index (κ3) is 3.68. The first-order chi connectivity index (χ1) is 12.7. The molecule has 1 unspecified atom stereocenters. The number of aromatic nitrogens is 1. The molecule has 0 saturated carbocycles. The van der Waals surface area contributed by atoms with E-state index in [1.54, 1.807) is 29.7 Å². The van der Waals surface area contributed by atoms with Crippen LogP contribution < -0.4 is 0 Å². The first-order valence-electron chi connectivity index (χ1n) is 8.38. The number of hydrogen-bond donors (Lipinski definition) is 0. The van der Waals surface area contributed by atoms with Crippen molar-refractivity contribution in [3.05, 3.63) is 58.7 Å². The van der Waals surface area contributed by atoms with Crippen molar-refractivity contribution in [1.29, 1.82) is 0 Å². The molecule has 3 aromatic rings. The van der Waals surface area contributed by atoms with Crippen molar-refractivity contribution >= 4 is 29.0 Å². The van der Waals surface area contributed by atoms with E-state index in [9.17, 15) is 9.18 Å². The molecular weight excluding hydrogens is 371 g/mol. The minimum atomic E-state index is -0.292. The van der Waals surface area contributed by atoms with E-state index in [1.807, 2.05) is 11.0 Å². The number of halogens is 1. The number of thioether (sulfide) groups is 1. The van der Waals surface area contributed by atoms with Gasteiger partial charge in [0.2, 0.25) is 5.91 Å². The van der Waals surface area contributed by atoms with Crippen LogP contribution in [0.2, 0.25) is 0 Å². The highest BCUT2D eigenvalue weighted by atomic mass is 32.2. The van der Waals surface area contributed by atoms with Crippen LogP contribution in [0.15, 0.2) is 57.6 Å². The van der Waals surface area contributed by atoms with Crippen LogP contribution in [-0.2, 0) is 4.79 Å². The fourth-order valence-electron chi connectivity index (χ4n) is 3.12. The van der Waals surface area contributed by atoms with Crippen molar-refractivity contribution in [2.45, 2.75) is 24.1 Å². The molecule has 134 valence electrons. The van der Waals surface area contributed by atoms with E-state index in [4.69, 9.17) is 4.42 Å². The minimum Gasteiger partial charge on any atom is -0.431 e. The van der Waals surface area contributed by atoms with E-state index in [0.717, 1.165) is 24.9 Å². The molecule has 4 nitrogen and oxygen atoms in total. The Hall–Kier alpha value is -2.12. The topological polar surface area (TPSA) is 46.3 Å². The Labute approximate surface area is 159 Å². The second-order valence-corrected chi connectivity index (χ2v) is 7.95. The number of carbonyl (C=O) groups excluding carboxylic acids is 1. The van der Waals surface area contributed by atoms with E-state index in [2.05, 4.69) is 16.4 Å². The second kappa shape index (κ2) is 7.63. The summed E-state index contributed by atoms with van der Waals surface area (Å²) >= 11 is 2.99. The fourth-order valence-corrected chi connectivity index (χ4v) is 4.68. The van der Waals surface area contributed by atoms with E-state index in [0.29, 0.717) is 16.7 Å². The Balaban J connectivity index is 1.38. The van der Waals surface area contributed by atoms with Gasteiger partial charge in [0.05, 0.1) is 18.0 Å². The quantitative estimate of drug-likeness (QED) is 0.577. The Bertz CT molecular complexity index is 877. The summed E-state index contributed by atoms with van der Waals surface area (Å²) in [6.45, 7) is 0.800. The van der Waals surface area contributed by atoms with Crippen LogP contribution in [0.4, 0.5) is 4.39 Å². The lowest BCUT2D eigenvalue weighted by molar-refractivity contribution is -0.129. The number of carbonyl (C=O) groups is 1. The molecule has 0 spiro atoms. The Morgan fingerprint density at radius 3 is 2.96 bits per heavy atom. The summed E-state index contributed by atoms with van der Waals surface area (Å²) in [7, 11) is 0. The zero-order valence-corrected chi connectivity index (χ0v) is 15.6. The number of benzene rings is 1. The van der Waals surface area contributed by atoms with E-state index >= 15 is 0 Å². The van der Waals surface area contributed by atoms with Gasteiger partial charge in [0, 0.05) is 17.0 Å². The minimum absolute atomic E-state index is 0.104. The number of thiophene rings is 1. The molecule has 3 heterocycles. The van der Waals surface area contributed by atoms with Crippen LogP contribution in [0.1, 0.15) is 23.8 Å². The SMILES string of the molecule is O=C(CSc1ncc(-c2ccc(F)cc2)o1)N1CCCC1c1cccs1. The molecule has 0 N–H and O–H groups in total. The highest BCUT2D eigenvalue weighted by Gasteiger charge is 2.30. The van der Waals surface area contributed by atoms with E-state index in [-0.39, 0.29) is 17.8 Å². The van der Waals surface area contributed by atoms with Gasteiger partial charge in [-0.1, -0.05) is 17.8 Å². The van der Waals surface area contributed by atoms with Crippen molar-refractivity contribution in [2.24, 2.45) is 0 Å². The monoisotopic (exact) mass is 388 g/mol. The van der Waals surface area contributed by atoms with Crippen LogP contribution in [0, 0.1) is 5.82 Å². The smallest absolute Gasteiger partial charge is 0.256 e. The van der Waals surface area contributed by atoms with Gasteiger partial charge in [0.15, 0.2) is 5.76 Å². The van der Waals surface area contributed by atoms with Crippen LogP contribution >= 0.6 is 23.1 Å². The predicted octanol–water partition coefficient (Wildman–Crippen LogP) is 5.00. The van der Waals surface area contributed by atoms with Gasteiger partial charge in [-0.25, -0.2) is 9.37 Å². The molecule has 4 rings (SSSR count). The van der Waals surface area contributed by atoms with Gasteiger partial charge >= 0.3 is 0 Å². The third-order valence-electron chi connectivity index (χ3n) is 4.38. The van der Waals surface area contributed by atoms with E-state index in [1.165, 1.54) is 28.8 Å². The Kier molecular flexibility index (Phi) is 5.08. The van der Waals surface area contributed by atoms with Crippen LogP contribution in [0.25, 0.3) is 11.3 Å². The zero-order chi connectivity index (χ0) is 17.9. The number of amides is 1. The largest absolute Gasteiger partial charge is 0.431 e. The second-order valence-electron chi connectivity index (χ2n) is 6.05. The molecule has 26 heavy (non-hydrogen) atoms. The normalized spacial score (nSPS) is 17.0. The molecule has 0 bridgehead atoms. The predicted molar refractivity (Wildman–Crippen MR) is 101 cm³/mol. The molecule has 1 saturated heterocycles. The molecule has 0 radical (unpaired) electrons. The Morgan fingerprint density at radius 1 is 1.35 bits per heavy atom. The van der Waals surface area contributed by atoms with Gasteiger partial charge in [-0.2, -0.15) is 0 Å². The lowest BCUT2D eigenvalue weighted by Gasteiger charge is -2.23. The highest BCUT2D eigenvalue weighted by molar-refractivity contribution is 7.99. The van der Waals surface area contributed by atoms with Crippen LogP contribution in [-0.4, -0.2) is 28.1 Å². The summed E-state index contributed by atoms with van der Waals surface area (Å²) in [6.07, 6.45) is 3.65. The number of hydrogen-bond acceptors (Lipinski definition) is 5. The first kappa shape index (κ1) is 17.3. The van der Waals surface area contributed by atoms with Gasteiger partial charge in [-0.3, -0.25) is 4.79 Å². The average Bonchev–Trinajstić information content (AvgIpc) is 3.40. The Morgan fingerprint density at radius 2 is 2.19 bits per heavy atom. The summed E-state index contributed by atoms with van der Waals surface area (Å²) in [5.41, 5.74) is 0.759. The molecule has 1 aliphatic rings.